The topological polar surface area (TPSA) is 50.9 Å². The summed E-state index contributed by atoms with van der Waals surface area (Å²) < 4.78 is 2.08. The Morgan fingerprint density at radius 3 is 2.40 bits per heavy atom. The molecule has 0 aliphatic carbocycles. The molecule has 0 aliphatic rings. The highest BCUT2D eigenvalue weighted by molar-refractivity contribution is 7.99. The number of aliphatic hydroxyl groups excluding tert-OH is 1. The van der Waals surface area contributed by atoms with Gasteiger partial charge in [0.1, 0.15) is 0 Å². The van der Waals surface area contributed by atoms with Crippen molar-refractivity contribution in [3.05, 3.63) is 59.6 Å². The number of para-hydroxylation sites is 1. The van der Waals surface area contributed by atoms with Crippen LogP contribution < -0.4 is 0 Å². The largest absolute Gasteiger partial charge is 0.396 e. The van der Waals surface area contributed by atoms with Crippen molar-refractivity contribution >= 4 is 23.4 Å². The van der Waals surface area contributed by atoms with Crippen LogP contribution in [0.5, 0.6) is 0 Å². The van der Waals surface area contributed by atoms with E-state index in [4.69, 9.17) is 16.7 Å². The van der Waals surface area contributed by atoms with E-state index < -0.39 is 0 Å². The molecule has 130 valence electrons. The molecule has 1 N–H and O–H groups in total. The van der Waals surface area contributed by atoms with E-state index in [2.05, 4.69) is 26.9 Å². The lowest BCUT2D eigenvalue weighted by molar-refractivity contribution is 0.284. The Morgan fingerprint density at radius 1 is 0.920 bits per heavy atom. The van der Waals surface area contributed by atoms with Crippen LogP contribution in [0.15, 0.2) is 59.8 Å². The van der Waals surface area contributed by atoms with Crippen molar-refractivity contribution in [2.45, 2.75) is 24.4 Å². The smallest absolute Gasteiger partial charge is 0.196 e. The maximum absolute atomic E-state index is 8.88. The van der Waals surface area contributed by atoms with Gasteiger partial charge in [-0.1, -0.05) is 48.0 Å². The minimum absolute atomic E-state index is 0.256. The lowest BCUT2D eigenvalue weighted by Crippen LogP contribution is -1.99. The molecular formula is C19H20ClN3OS. The summed E-state index contributed by atoms with van der Waals surface area (Å²) in [6, 6.07) is 17.8. The van der Waals surface area contributed by atoms with E-state index in [0.29, 0.717) is 5.02 Å². The zero-order valence-electron chi connectivity index (χ0n) is 13.8. The summed E-state index contributed by atoms with van der Waals surface area (Å²) >= 11 is 7.70. The molecule has 25 heavy (non-hydrogen) atoms. The van der Waals surface area contributed by atoms with Gasteiger partial charge in [-0.15, -0.1) is 10.2 Å². The van der Waals surface area contributed by atoms with Crippen LogP contribution in [0.4, 0.5) is 0 Å². The Kier molecular flexibility index (Phi) is 6.50. The summed E-state index contributed by atoms with van der Waals surface area (Å²) in [5.74, 6) is 1.76. The van der Waals surface area contributed by atoms with Crippen molar-refractivity contribution in [1.29, 1.82) is 0 Å². The van der Waals surface area contributed by atoms with Crippen molar-refractivity contribution in [2.75, 3.05) is 12.4 Å². The molecule has 0 spiro atoms. The molecule has 0 radical (unpaired) electrons. The summed E-state index contributed by atoms with van der Waals surface area (Å²) in [6.45, 7) is 0.256. The lowest BCUT2D eigenvalue weighted by atomic mass is 10.2. The highest BCUT2D eigenvalue weighted by atomic mass is 35.5. The van der Waals surface area contributed by atoms with Gasteiger partial charge in [0.05, 0.1) is 0 Å². The second-order valence-electron chi connectivity index (χ2n) is 5.62. The number of hydrogen-bond acceptors (Lipinski definition) is 4. The molecule has 0 saturated heterocycles. The van der Waals surface area contributed by atoms with E-state index in [0.717, 1.165) is 47.2 Å². The van der Waals surface area contributed by atoms with Crippen LogP contribution in [0.25, 0.3) is 17.1 Å². The van der Waals surface area contributed by atoms with Gasteiger partial charge < -0.3 is 5.11 Å². The van der Waals surface area contributed by atoms with Crippen LogP contribution in [-0.2, 0) is 0 Å². The van der Waals surface area contributed by atoms with Gasteiger partial charge in [0.2, 0.25) is 0 Å². The molecule has 0 atom stereocenters. The third-order valence-electron chi connectivity index (χ3n) is 3.78. The summed E-state index contributed by atoms with van der Waals surface area (Å²) in [6.07, 6.45) is 2.91. The van der Waals surface area contributed by atoms with Gasteiger partial charge in [-0.25, -0.2) is 0 Å². The van der Waals surface area contributed by atoms with E-state index in [1.807, 2.05) is 42.5 Å². The van der Waals surface area contributed by atoms with E-state index in [-0.39, 0.29) is 6.61 Å². The standard InChI is InChI=1S/C19H20ClN3OS/c20-16-11-9-15(10-12-16)18-21-22-19(25-14-6-2-5-13-24)23(18)17-7-3-1-4-8-17/h1,3-4,7-12,24H,2,5-6,13-14H2. The molecule has 1 heterocycles. The van der Waals surface area contributed by atoms with Gasteiger partial charge in [0, 0.05) is 28.6 Å². The van der Waals surface area contributed by atoms with Crippen molar-refractivity contribution in [3.63, 3.8) is 0 Å². The molecule has 1 aromatic heterocycles. The van der Waals surface area contributed by atoms with Crippen LogP contribution in [0, 0.1) is 0 Å². The first kappa shape index (κ1) is 18.0. The molecule has 4 nitrogen and oxygen atoms in total. The Morgan fingerprint density at radius 2 is 1.68 bits per heavy atom. The van der Waals surface area contributed by atoms with E-state index in [1.54, 1.807) is 11.8 Å². The first-order valence-electron chi connectivity index (χ1n) is 8.30. The molecule has 0 aliphatic heterocycles. The number of rotatable bonds is 8. The fraction of sp³-hybridized carbons (Fsp3) is 0.263. The zero-order chi connectivity index (χ0) is 17.5. The van der Waals surface area contributed by atoms with Crippen molar-refractivity contribution in [2.24, 2.45) is 0 Å². The highest BCUT2D eigenvalue weighted by Crippen LogP contribution is 2.29. The summed E-state index contributed by atoms with van der Waals surface area (Å²) in [5, 5.41) is 19.3. The molecule has 2 aromatic carbocycles. The zero-order valence-corrected chi connectivity index (χ0v) is 15.4. The van der Waals surface area contributed by atoms with E-state index >= 15 is 0 Å². The molecular weight excluding hydrogens is 354 g/mol. The minimum atomic E-state index is 0.256. The Hall–Kier alpha value is -1.82. The number of unbranched alkanes of at least 4 members (excludes halogenated alkanes) is 2. The van der Waals surface area contributed by atoms with Crippen LogP contribution in [0.3, 0.4) is 0 Å². The minimum Gasteiger partial charge on any atom is -0.396 e. The second kappa shape index (κ2) is 9.04. The number of hydrogen-bond donors (Lipinski definition) is 1. The van der Waals surface area contributed by atoms with Crippen LogP contribution in [-0.4, -0.2) is 32.2 Å². The number of aromatic nitrogens is 3. The first-order chi connectivity index (χ1) is 12.3. The maximum atomic E-state index is 8.88. The maximum Gasteiger partial charge on any atom is 0.196 e. The van der Waals surface area contributed by atoms with Gasteiger partial charge in [-0.3, -0.25) is 4.57 Å². The SMILES string of the molecule is OCCCCCSc1nnc(-c2ccc(Cl)cc2)n1-c1ccccc1. The van der Waals surface area contributed by atoms with E-state index in [9.17, 15) is 0 Å². The molecule has 0 fully saturated rings. The van der Waals surface area contributed by atoms with Crippen LogP contribution >= 0.6 is 23.4 Å². The Bertz CT molecular complexity index is 790. The fourth-order valence-corrected chi connectivity index (χ4v) is 3.59. The molecule has 0 unspecified atom stereocenters. The molecule has 3 rings (SSSR count). The third-order valence-corrected chi connectivity index (χ3v) is 5.05. The summed E-state index contributed by atoms with van der Waals surface area (Å²) in [4.78, 5) is 0. The Balaban J connectivity index is 1.89. The van der Waals surface area contributed by atoms with Gasteiger partial charge in [0.25, 0.3) is 0 Å². The summed E-state index contributed by atoms with van der Waals surface area (Å²) in [5.41, 5.74) is 2.02. The average Bonchev–Trinajstić information content (AvgIpc) is 3.07. The van der Waals surface area contributed by atoms with Gasteiger partial charge in [0.15, 0.2) is 11.0 Å². The predicted octanol–water partition coefficient (Wildman–Crippen LogP) is 4.84. The fourth-order valence-electron chi connectivity index (χ4n) is 2.51. The monoisotopic (exact) mass is 373 g/mol. The average molecular weight is 374 g/mol. The lowest BCUT2D eigenvalue weighted by Gasteiger charge is -2.10. The summed E-state index contributed by atoms with van der Waals surface area (Å²) in [7, 11) is 0. The number of nitrogens with zero attached hydrogens (tertiary/aromatic N) is 3. The van der Waals surface area contributed by atoms with Crippen molar-refractivity contribution in [3.8, 4) is 17.1 Å². The van der Waals surface area contributed by atoms with E-state index in [1.165, 1.54) is 0 Å². The molecule has 3 aromatic rings. The Labute approximate surface area is 156 Å². The number of halogens is 1. The molecule has 0 saturated carbocycles. The molecule has 0 amide bonds. The molecule has 0 bridgehead atoms. The van der Waals surface area contributed by atoms with Gasteiger partial charge in [-0.05, 0) is 49.2 Å². The van der Waals surface area contributed by atoms with Crippen LogP contribution in [0.2, 0.25) is 5.02 Å². The number of benzene rings is 2. The van der Waals surface area contributed by atoms with Crippen LogP contribution in [0.1, 0.15) is 19.3 Å². The number of aliphatic hydroxyl groups is 1. The van der Waals surface area contributed by atoms with Crippen molar-refractivity contribution < 1.29 is 5.11 Å². The van der Waals surface area contributed by atoms with Gasteiger partial charge >= 0.3 is 0 Å². The number of thioether (sulfide) groups is 1. The highest BCUT2D eigenvalue weighted by Gasteiger charge is 2.15. The quantitative estimate of drug-likeness (QED) is 0.453. The normalized spacial score (nSPS) is 11.0. The van der Waals surface area contributed by atoms with Gasteiger partial charge in [-0.2, -0.15) is 0 Å². The third kappa shape index (κ3) is 4.63. The first-order valence-corrected chi connectivity index (χ1v) is 9.66. The van der Waals surface area contributed by atoms with Crippen molar-refractivity contribution in [1.82, 2.24) is 14.8 Å². The second-order valence-corrected chi connectivity index (χ2v) is 7.12. The predicted molar refractivity (Wildman–Crippen MR) is 103 cm³/mol. The molecule has 6 heteroatoms.